The van der Waals surface area contributed by atoms with Crippen LogP contribution in [0.5, 0.6) is 0 Å². The normalized spacial score (nSPS) is 12.8. The molecule has 0 amide bonds. The third-order valence-electron chi connectivity index (χ3n) is 2.55. The van der Waals surface area contributed by atoms with E-state index in [1.807, 2.05) is 0 Å². The van der Waals surface area contributed by atoms with Gasteiger partial charge in [0.25, 0.3) is 0 Å². The first-order valence-electron chi connectivity index (χ1n) is 5.93. The highest BCUT2D eigenvalue weighted by Crippen LogP contribution is 2.26. The van der Waals surface area contributed by atoms with Crippen molar-refractivity contribution in [3.8, 4) is 0 Å². The third-order valence-corrected chi connectivity index (χ3v) is 3.81. The summed E-state index contributed by atoms with van der Waals surface area (Å²) in [5.74, 6) is 1.53. The van der Waals surface area contributed by atoms with Crippen LogP contribution in [0.25, 0.3) is 0 Å². The quantitative estimate of drug-likeness (QED) is 0.783. The van der Waals surface area contributed by atoms with Crippen molar-refractivity contribution in [1.29, 1.82) is 0 Å². The Morgan fingerprint density at radius 3 is 2.65 bits per heavy atom. The molecule has 0 aliphatic rings. The van der Waals surface area contributed by atoms with Crippen LogP contribution in [0, 0.1) is 5.92 Å². The zero-order valence-corrected chi connectivity index (χ0v) is 12.8. The lowest BCUT2D eigenvalue weighted by Gasteiger charge is -2.16. The maximum Gasteiger partial charge on any atom is 0.148 e. The van der Waals surface area contributed by atoms with Crippen molar-refractivity contribution in [3.05, 3.63) is 16.0 Å². The lowest BCUT2D eigenvalue weighted by Crippen LogP contribution is -2.16. The van der Waals surface area contributed by atoms with Gasteiger partial charge >= 0.3 is 0 Å². The summed E-state index contributed by atoms with van der Waals surface area (Å²) < 4.78 is 0.734. The van der Waals surface area contributed by atoms with Gasteiger partial charge < -0.3 is 5.32 Å². The third kappa shape index (κ3) is 5.21. The van der Waals surface area contributed by atoms with Gasteiger partial charge in [0.2, 0.25) is 0 Å². The lowest BCUT2D eigenvalue weighted by molar-refractivity contribution is 0.520. The zero-order valence-electron chi connectivity index (χ0n) is 10.5. The van der Waals surface area contributed by atoms with Gasteiger partial charge in [0.1, 0.15) is 17.3 Å². The molecule has 0 aromatic carbocycles. The molecule has 0 spiro atoms. The Morgan fingerprint density at radius 1 is 1.29 bits per heavy atom. The van der Waals surface area contributed by atoms with E-state index < -0.39 is 0 Å². The maximum atomic E-state index is 5.91. The van der Waals surface area contributed by atoms with Crippen molar-refractivity contribution < 1.29 is 0 Å². The Hall–Kier alpha value is -0.350. The van der Waals surface area contributed by atoms with Gasteiger partial charge in [0.05, 0.1) is 4.47 Å². The smallest absolute Gasteiger partial charge is 0.148 e. The molecule has 1 aromatic rings. The van der Waals surface area contributed by atoms with E-state index >= 15 is 0 Å². The van der Waals surface area contributed by atoms with Gasteiger partial charge in [-0.15, -0.1) is 0 Å². The van der Waals surface area contributed by atoms with Crippen molar-refractivity contribution >= 4 is 33.3 Å². The molecule has 1 unspecified atom stereocenters. The minimum absolute atomic E-state index is 0.385. The number of nitrogens with zero attached hydrogens (tertiary/aromatic N) is 2. The average molecular weight is 321 g/mol. The Morgan fingerprint density at radius 2 is 2.00 bits per heavy atom. The van der Waals surface area contributed by atoms with Crippen LogP contribution in [0.4, 0.5) is 5.82 Å². The highest BCUT2D eigenvalue weighted by Gasteiger charge is 2.09. The molecule has 96 valence electrons. The number of aromatic nitrogens is 2. The molecular weight excluding hydrogens is 302 g/mol. The van der Waals surface area contributed by atoms with Gasteiger partial charge in [-0.25, -0.2) is 9.97 Å². The van der Waals surface area contributed by atoms with E-state index in [1.54, 1.807) is 0 Å². The molecular formula is C12H19BrClN3. The summed E-state index contributed by atoms with van der Waals surface area (Å²) in [6, 6.07) is 0.385. The number of hydrogen-bond donors (Lipinski definition) is 1. The molecule has 1 aromatic heterocycles. The van der Waals surface area contributed by atoms with Gasteiger partial charge in [-0.1, -0.05) is 38.3 Å². The van der Waals surface area contributed by atoms with E-state index in [-0.39, 0.29) is 0 Å². The summed E-state index contributed by atoms with van der Waals surface area (Å²) >= 11 is 9.29. The SMILES string of the molecule is CC(C)CCCC(C)Nc1ncnc(Cl)c1Br. The molecule has 0 radical (unpaired) electrons. The minimum Gasteiger partial charge on any atom is -0.367 e. The fraction of sp³-hybridized carbons (Fsp3) is 0.667. The van der Waals surface area contributed by atoms with E-state index in [0.717, 1.165) is 22.6 Å². The molecule has 1 heterocycles. The van der Waals surface area contributed by atoms with E-state index in [4.69, 9.17) is 11.6 Å². The molecule has 3 nitrogen and oxygen atoms in total. The molecule has 5 heteroatoms. The van der Waals surface area contributed by atoms with Gasteiger partial charge in [0, 0.05) is 6.04 Å². The van der Waals surface area contributed by atoms with Crippen LogP contribution in [0.3, 0.4) is 0 Å². The summed E-state index contributed by atoms with van der Waals surface area (Å²) in [7, 11) is 0. The summed E-state index contributed by atoms with van der Waals surface area (Å²) in [5, 5.41) is 3.78. The van der Waals surface area contributed by atoms with E-state index in [0.29, 0.717) is 11.2 Å². The summed E-state index contributed by atoms with van der Waals surface area (Å²) in [4.78, 5) is 8.07. The molecule has 0 bridgehead atoms. The number of nitrogens with one attached hydrogen (secondary N) is 1. The number of rotatable bonds is 6. The van der Waals surface area contributed by atoms with Crippen molar-refractivity contribution in [2.24, 2.45) is 5.92 Å². The van der Waals surface area contributed by atoms with Gasteiger partial charge in [-0.05, 0) is 35.2 Å². The van der Waals surface area contributed by atoms with Crippen molar-refractivity contribution in [2.75, 3.05) is 5.32 Å². The standard InChI is InChI=1S/C12H19BrClN3/c1-8(2)5-4-6-9(3)17-12-10(13)11(14)15-7-16-12/h7-9H,4-6H2,1-3H3,(H,15,16,17). The van der Waals surface area contributed by atoms with Crippen LogP contribution in [-0.4, -0.2) is 16.0 Å². The molecule has 1 atom stereocenters. The van der Waals surface area contributed by atoms with Crippen LogP contribution in [-0.2, 0) is 0 Å². The summed E-state index contributed by atoms with van der Waals surface area (Å²) in [5.41, 5.74) is 0. The van der Waals surface area contributed by atoms with E-state index in [9.17, 15) is 0 Å². The number of halogens is 2. The fourth-order valence-electron chi connectivity index (χ4n) is 1.59. The highest BCUT2D eigenvalue weighted by molar-refractivity contribution is 9.10. The number of hydrogen-bond acceptors (Lipinski definition) is 3. The Balaban J connectivity index is 2.45. The van der Waals surface area contributed by atoms with Gasteiger partial charge in [-0.2, -0.15) is 0 Å². The molecule has 17 heavy (non-hydrogen) atoms. The highest BCUT2D eigenvalue weighted by atomic mass is 79.9. The largest absolute Gasteiger partial charge is 0.367 e. The topological polar surface area (TPSA) is 37.8 Å². The first-order valence-corrected chi connectivity index (χ1v) is 7.10. The molecule has 0 saturated heterocycles. The predicted molar refractivity (Wildman–Crippen MR) is 76.5 cm³/mol. The molecule has 0 fully saturated rings. The van der Waals surface area contributed by atoms with Gasteiger partial charge in [-0.3, -0.25) is 0 Å². The molecule has 1 N–H and O–H groups in total. The van der Waals surface area contributed by atoms with Crippen LogP contribution in [0.15, 0.2) is 10.8 Å². The predicted octanol–water partition coefficient (Wildman–Crippen LogP) is 4.52. The minimum atomic E-state index is 0.385. The van der Waals surface area contributed by atoms with Gasteiger partial charge in [0.15, 0.2) is 0 Å². The van der Waals surface area contributed by atoms with Crippen LogP contribution < -0.4 is 5.32 Å². The second-order valence-corrected chi connectivity index (χ2v) is 5.85. The molecule has 1 rings (SSSR count). The fourth-order valence-corrected chi connectivity index (χ4v) is 2.04. The van der Waals surface area contributed by atoms with Crippen molar-refractivity contribution in [2.45, 2.75) is 46.1 Å². The molecule has 0 aliphatic heterocycles. The van der Waals surface area contributed by atoms with Crippen molar-refractivity contribution in [1.82, 2.24) is 9.97 Å². The Labute approximate surface area is 117 Å². The zero-order chi connectivity index (χ0) is 12.8. The van der Waals surface area contributed by atoms with Crippen LogP contribution in [0.1, 0.15) is 40.0 Å². The summed E-state index contributed by atoms with van der Waals surface area (Å²) in [6.07, 6.45) is 5.09. The molecule has 0 saturated carbocycles. The second-order valence-electron chi connectivity index (χ2n) is 4.70. The first kappa shape index (κ1) is 14.7. The van der Waals surface area contributed by atoms with Crippen LogP contribution in [0.2, 0.25) is 5.15 Å². The summed E-state index contributed by atoms with van der Waals surface area (Å²) in [6.45, 7) is 6.65. The average Bonchev–Trinajstić information content (AvgIpc) is 2.24. The monoisotopic (exact) mass is 319 g/mol. The number of anilines is 1. The maximum absolute atomic E-state index is 5.91. The van der Waals surface area contributed by atoms with E-state index in [2.05, 4.69) is 52.0 Å². The Kier molecular flexibility index (Phi) is 6.20. The van der Waals surface area contributed by atoms with Crippen molar-refractivity contribution in [3.63, 3.8) is 0 Å². The molecule has 0 aliphatic carbocycles. The second kappa shape index (κ2) is 7.17. The Bertz CT molecular complexity index is 358. The van der Waals surface area contributed by atoms with Crippen LogP contribution >= 0.6 is 27.5 Å². The van der Waals surface area contributed by atoms with E-state index in [1.165, 1.54) is 19.2 Å². The first-order chi connectivity index (χ1) is 8.00. The lowest BCUT2D eigenvalue weighted by atomic mass is 10.0.